The molecule has 0 spiro atoms. The van der Waals surface area contributed by atoms with E-state index in [-0.39, 0.29) is 5.91 Å². The molecule has 1 amide bonds. The lowest BCUT2D eigenvalue weighted by atomic mass is 10.1. The Morgan fingerprint density at radius 2 is 1.89 bits per heavy atom. The molecule has 0 aliphatic carbocycles. The fourth-order valence-corrected chi connectivity index (χ4v) is 4.57. The number of nitrogens with zero attached hydrogens (tertiary/aromatic N) is 2. The van der Waals surface area contributed by atoms with Crippen molar-refractivity contribution in [1.82, 2.24) is 10.3 Å². The molecule has 0 radical (unpaired) electrons. The first-order valence-electron chi connectivity index (χ1n) is 9.77. The van der Waals surface area contributed by atoms with Crippen LogP contribution in [0.15, 0.2) is 48.5 Å². The Kier molecular flexibility index (Phi) is 5.68. The van der Waals surface area contributed by atoms with E-state index in [0.29, 0.717) is 6.54 Å². The number of carbonyl (C=O) groups is 1. The molecular formula is C22H25N3OS. The SMILES string of the molecule is O=C(NCCCc1ccccc1)c1ccc2nc(N3CCCCC3)sc2c1. The van der Waals surface area contributed by atoms with Crippen molar-refractivity contribution >= 4 is 32.6 Å². The van der Waals surface area contributed by atoms with Crippen LogP contribution in [0.1, 0.15) is 41.6 Å². The normalized spacial score (nSPS) is 14.4. The van der Waals surface area contributed by atoms with E-state index in [9.17, 15) is 4.79 Å². The summed E-state index contributed by atoms with van der Waals surface area (Å²) in [4.78, 5) is 19.6. The second-order valence-corrected chi connectivity index (χ2v) is 8.08. The predicted octanol–water partition coefficient (Wildman–Crippen LogP) is 4.65. The maximum absolute atomic E-state index is 12.5. The minimum absolute atomic E-state index is 0.00196. The summed E-state index contributed by atoms with van der Waals surface area (Å²) in [6.07, 6.45) is 5.72. The van der Waals surface area contributed by atoms with Gasteiger partial charge in [0.25, 0.3) is 5.91 Å². The van der Waals surface area contributed by atoms with E-state index in [0.717, 1.165) is 46.8 Å². The monoisotopic (exact) mass is 379 g/mol. The minimum Gasteiger partial charge on any atom is -0.352 e. The van der Waals surface area contributed by atoms with Gasteiger partial charge in [-0.05, 0) is 55.9 Å². The van der Waals surface area contributed by atoms with Gasteiger partial charge in [0.1, 0.15) is 0 Å². The number of rotatable bonds is 6. The third-order valence-electron chi connectivity index (χ3n) is 5.04. The van der Waals surface area contributed by atoms with Crippen molar-refractivity contribution in [1.29, 1.82) is 0 Å². The van der Waals surface area contributed by atoms with E-state index in [1.54, 1.807) is 11.3 Å². The topological polar surface area (TPSA) is 45.2 Å². The van der Waals surface area contributed by atoms with E-state index in [1.165, 1.54) is 24.8 Å². The molecule has 1 saturated heterocycles. The second kappa shape index (κ2) is 8.53. The Balaban J connectivity index is 1.35. The summed E-state index contributed by atoms with van der Waals surface area (Å²) in [6, 6.07) is 16.2. The summed E-state index contributed by atoms with van der Waals surface area (Å²) in [6.45, 7) is 2.87. The molecule has 4 nitrogen and oxygen atoms in total. The van der Waals surface area contributed by atoms with Crippen molar-refractivity contribution in [3.8, 4) is 0 Å². The summed E-state index contributed by atoms with van der Waals surface area (Å²) in [5.74, 6) is -0.00196. The average molecular weight is 380 g/mol. The van der Waals surface area contributed by atoms with Crippen molar-refractivity contribution < 1.29 is 4.79 Å². The fourth-order valence-electron chi connectivity index (χ4n) is 3.52. The van der Waals surface area contributed by atoms with Crippen molar-refractivity contribution in [3.63, 3.8) is 0 Å². The number of thiazole rings is 1. The zero-order valence-electron chi connectivity index (χ0n) is 15.5. The van der Waals surface area contributed by atoms with E-state index in [2.05, 4.69) is 34.5 Å². The summed E-state index contributed by atoms with van der Waals surface area (Å²) in [7, 11) is 0. The van der Waals surface area contributed by atoms with Gasteiger partial charge < -0.3 is 10.2 Å². The second-order valence-electron chi connectivity index (χ2n) is 7.07. The molecule has 1 aliphatic heterocycles. The van der Waals surface area contributed by atoms with Crippen molar-refractivity contribution in [2.75, 3.05) is 24.5 Å². The summed E-state index contributed by atoms with van der Waals surface area (Å²) in [5.41, 5.74) is 3.01. The first-order valence-corrected chi connectivity index (χ1v) is 10.6. The van der Waals surface area contributed by atoms with Crippen LogP contribution < -0.4 is 10.2 Å². The summed E-state index contributed by atoms with van der Waals surface area (Å²) in [5, 5.41) is 4.13. The molecular weight excluding hydrogens is 354 g/mol. The number of fused-ring (bicyclic) bond motifs is 1. The fraction of sp³-hybridized carbons (Fsp3) is 0.364. The lowest BCUT2D eigenvalue weighted by Gasteiger charge is -2.25. The van der Waals surface area contributed by atoms with Gasteiger partial charge in [0, 0.05) is 25.2 Å². The Labute approximate surface area is 164 Å². The number of hydrogen-bond acceptors (Lipinski definition) is 4. The number of aryl methyl sites for hydroxylation is 1. The number of carbonyl (C=O) groups excluding carboxylic acids is 1. The number of aromatic nitrogens is 1. The lowest BCUT2D eigenvalue weighted by Crippen LogP contribution is -2.29. The van der Waals surface area contributed by atoms with Crippen molar-refractivity contribution in [3.05, 3.63) is 59.7 Å². The number of anilines is 1. The third kappa shape index (κ3) is 4.48. The maximum atomic E-state index is 12.5. The van der Waals surface area contributed by atoms with E-state index < -0.39 is 0 Å². The van der Waals surface area contributed by atoms with Crippen LogP contribution in [0.3, 0.4) is 0 Å². The number of hydrogen-bond donors (Lipinski definition) is 1. The van der Waals surface area contributed by atoms with Gasteiger partial charge in [-0.25, -0.2) is 4.98 Å². The first kappa shape index (κ1) is 18.0. The smallest absolute Gasteiger partial charge is 0.251 e. The van der Waals surface area contributed by atoms with Gasteiger partial charge in [-0.2, -0.15) is 0 Å². The Morgan fingerprint density at radius 1 is 1.07 bits per heavy atom. The zero-order valence-corrected chi connectivity index (χ0v) is 16.3. The highest BCUT2D eigenvalue weighted by atomic mass is 32.1. The van der Waals surface area contributed by atoms with Gasteiger partial charge in [0.15, 0.2) is 5.13 Å². The molecule has 0 atom stereocenters. The molecule has 140 valence electrons. The molecule has 5 heteroatoms. The molecule has 4 rings (SSSR count). The molecule has 0 bridgehead atoms. The molecule has 0 unspecified atom stereocenters. The van der Waals surface area contributed by atoms with Crippen LogP contribution in [0.2, 0.25) is 0 Å². The van der Waals surface area contributed by atoms with Crippen molar-refractivity contribution in [2.24, 2.45) is 0 Å². The molecule has 1 aliphatic rings. The van der Waals surface area contributed by atoms with Crippen LogP contribution in [-0.2, 0) is 6.42 Å². The van der Waals surface area contributed by atoms with Crippen LogP contribution in [0, 0.1) is 0 Å². The molecule has 0 saturated carbocycles. The summed E-state index contributed by atoms with van der Waals surface area (Å²) >= 11 is 1.70. The van der Waals surface area contributed by atoms with Gasteiger partial charge in [-0.1, -0.05) is 41.7 Å². The van der Waals surface area contributed by atoms with Crippen LogP contribution in [0.4, 0.5) is 5.13 Å². The summed E-state index contributed by atoms with van der Waals surface area (Å²) < 4.78 is 1.09. The number of nitrogens with one attached hydrogen (secondary N) is 1. The maximum Gasteiger partial charge on any atom is 0.251 e. The van der Waals surface area contributed by atoms with Crippen LogP contribution in [0.25, 0.3) is 10.2 Å². The van der Waals surface area contributed by atoms with Gasteiger partial charge >= 0.3 is 0 Å². The molecule has 2 heterocycles. The minimum atomic E-state index is -0.00196. The van der Waals surface area contributed by atoms with Crippen molar-refractivity contribution in [2.45, 2.75) is 32.1 Å². The largest absolute Gasteiger partial charge is 0.352 e. The van der Waals surface area contributed by atoms with Gasteiger partial charge in [0.05, 0.1) is 10.2 Å². The molecule has 1 N–H and O–H groups in total. The van der Waals surface area contributed by atoms with E-state index in [4.69, 9.17) is 4.98 Å². The van der Waals surface area contributed by atoms with E-state index >= 15 is 0 Å². The zero-order chi connectivity index (χ0) is 18.5. The molecule has 1 fully saturated rings. The van der Waals surface area contributed by atoms with Crippen LogP contribution in [-0.4, -0.2) is 30.5 Å². The first-order chi connectivity index (χ1) is 13.3. The predicted molar refractivity (Wildman–Crippen MR) is 113 cm³/mol. The Morgan fingerprint density at radius 3 is 2.70 bits per heavy atom. The van der Waals surface area contributed by atoms with Gasteiger partial charge in [-0.3, -0.25) is 4.79 Å². The van der Waals surface area contributed by atoms with E-state index in [1.807, 2.05) is 24.3 Å². The lowest BCUT2D eigenvalue weighted by molar-refractivity contribution is 0.0953. The molecule has 3 aromatic rings. The number of benzene rings is 2. The van der Waals surface area contributed by atoms with Gasteiger partial charge in [0.2, 0.25) is 0 Å². The molecule has 2 aromatic carbocycles. The number of amides is 1. The average Bonchev–Trinajstić information content (AvgIpc) is 3.16. The van der Waals surface area contributed by atoms with Crippen LogP contribution >= 0.6 is 11.3 Å². The highest BCUT2D eigenvalue weighted by Gasteiger charge is 2.16. The third-order valence-corrected chi connectivity index (χ3v) is 6.12. The highest BCUT2D eigenvalue weighted by molar-refractivity contribution is 7.22. The standard InChI is InChI=1S/C22H25N3OS/c26-21(23-13-7-10-17-8-3-1-4-9-17)18-11-12-19-20(16-18)27-22(24-19)25-14-5-2-6-15-25/h1,3-4,8-9,11-12,16H,2,5-7,10,13-15H2,(H,23,26). The van der Waals surface area contributed by atoms with Gasteiger partial charge in [-0.15, -0.1) is 0 Å². The Bertz CT molecular complexity index is 900. The molecule has 1 aromatic heterocycles. The van der Waals surface area contributed by atoms with Crippen LogP contribution in [0.5, 0.6) is 0 Å². The highest BCUT2D eigenvalue weighted by Crippen LogP contribution is 2.31. The number of piperidine rings is 1. The quantitative estimate of drug-likeness (QED) is 0.634. The molecule has 27 heavy (non-hydrogen) atoms. The Hall–Kier alpha value is -2.40.